The Bertz CT molecular complexity index is 557. The number of benzene rings is 1. The quantitative estimate of drug-likeness (QED) is 0.674. The second-order valence-electron chi connectivity index (χ2n) is 3.75. The minimum absolute atomic E-state index is 0.548. The van der Waals surface area contributed by atoms with Crippen LogP contribution in [0.2, 0.25) is 0 Å². The maximum Gasteiger partial charge on any atom is 0.235 e. The van der Waals surface area contributed by atoms with Gasteiger partial charge in [-0.15, -0.1) is 0 Å². The number of hydrogen-bond acceptors (Lipinski definition) is 4. The number of nitrogens with zero attached hydrogens (tertiary/aromatic N) is 2. The fraction of sp³-hybridized carbons (Fsp3) is 0.167. The van der Waals surface area contributed by atoms with Crippen molar-refractivity contribution < 1.29 is 4.74 Å². The summed E-state index contributed by atoms with van der Waals surface area (Å²) in [5.74, 6) is 1.27. The molecule has 0 radical (unpaired) electrons. The second-order valence-corrected chi connectivity index (χ2v) is 4.91. The summed E-state index contributed by atoms with van der Waals surface area (Å²) in [6.07, 6.45) is 3.17. The van der Waals surface area contributed by atoms with E-state index in [1.165, 1.54) is 6.33 Å². The first-order chi connectivity index (χ1) is 8.08. The maximum atomic E-state index is 5.87. The molecule has 1 aromatic heterocycles. The van der Waals surface area contributed by atoms with Crippen LogP contribution >= 0.6 is 22.6 Å². The zero-order valence-electron chi connectivity index (χ0n) is 9.57. The Morgan fingerprint density at radius 3 is 2.71 bits per heavy atom. The van der Waals surface area contributed by atoms with Crippen LogP contribution in [0.1, 0.15) is 11.1 Å². The first-order valence-electron chi connectivity index (χ1n) is 5.08. The van der Waals surface area contributed by atoms with E-state index in [1.54, 1.807) is 6.20 Å². The smallest absolute Gasteiger partial charge is 0.235 e. The highest BCUT2D eigenvalue weighted by molar-refractivity contribution is 14.1. The van der Waals surface area contributed by atoms with Gasteiger partial charge in [-0.25, -0.2) is 9.97 Å². The molecule has 1 heterocycles. The van der Waals surface area contributed by atoms with E-state index >= 15 is 0 Å². The van der Waals surface area contributed by atoms with Gasteiger partial charge in [-0.2, -0.15) is 0 Å². The molecular weight excluding hydrogens is 329 g/mol. The van der Waals surface area contributed by atoms with E-state index in [1.807, 2.05) is 26.0 Å². The molecule has 0 saturated carbocycles. The molecular formula is C12H12IN3O. The lowest BCUT2D eigenvalue weighted by Crippen LogP contribution is -1.97. The van der Waals surface area contributed by atoms with Gasteiger partial charge < -0.3 is 10.5 Å². The molecule has 1 aromatic carbocycles. The van der Waals surface area contributed by atoms with Gasteiger partial charge in [-0.1, -0.05) is 6.07 Å². The Morgan fingerprint density at radius 1 is 1.24 bits per heavy atom. The fourth-order valence-electron chi connectivity index (χ4n) is 1.44. The predicted molar refractivity (Wildman–Crippen MR) is 75.2 cm³/mol. The van der Waals surface area contributed by atoms with Gasteiger partial charge in [0, 0.05) is 18.0 Å². The van der Waals surface area contributed by atoms with Crippen molar-refractivity contribution in [1.82, 2.24) is 9.97 Å². The molecule has 0 aliphatic carbocycles. The molecule has 5 heteroatoms. The zero-order valence-corrected chi connectivity index (χ0v) is 11.7. The van der Waals surface area contributed by atoms with Crippen LogP contribution in [-0.4, -0.2) is 9.97 Å². The van der Waals surface area contributed by atoms with Crippen molar-refractivity contribution in [3.05, 3.63) is 39.4 Å². The van der Waals surface area contributed by atoms with E-state index in [2.05, 4.69) is 32.6 Å². The predicted octanol–water partition coefficient (Wildman–Crippen LogP) is 3.07. The fourth-order valence-corrected chi connectivity index (χ4v) is 1.85. The number of nitrogen functional groups attached to an aromatic ring is 1. The monoisotopic (exact) mass is 341 g/mol. The van der Waals surface area contributed by atoms with Crippen molar-refractivity contribution in [1.29, 1.82) is 0 Å². The summed E-state index contributed by atoms with van der Waals surface area (Å²) in [5, 5.41) is 0. The van der Waals surface area contributed by atoms with Crippen molar-refractivity contribution >= 4 is 28.3 Å². The molecule has 0 fully saturated rings. The Kier molecular flexibility index (Phi) is 3.46. The van der Waals surface area contributed by atoms with Gasteiger partial charge in [-0.05, 0) is 47.6 Å². The van der Waals surface area contributed by atoms with Crippen LogP contribution in [-0.2, 0) is 0 Å². The largest absolute Gasteiger partial charge is 0.437 e. The Balaban J connectivity index is 2.37. The zero-order chi connectivity index (χ0) is 12.4. The van der Waals surface area contributed by atoms with Crippen LogP contribution in [0.4, 0.5) is 5.69 Å². The number of ether oxygens (including phenoxy) is 1. The molecule has 0 saturated heterocycles. The average molecular weight is 341 g/mol. The van der Waals surface area contributed by atoms with Crippen LogP contribution in [0, 0.1) is 17.4 Å². The van der Waals surface area contributed by atoms with Crippen molar-refractivity contribution in [2.75, 3.05) is 5.73 Å². The van der Waals surface area contributed by atoms with E-state index in [0.717, 1.165) is 26.1 Å². The molecule has 2 N–H and O–H groups in total. The third-order valence-electron chi connectivity index (χ3n) is 2.40. The molecule has 4 nitrogen and oxygen atoms in total. The van der Waals surface area contributed by atoms with Gasteiger partial charge in [0.25, 0.3) is 0 Å². The summed E-state index contributed by atoms with van der Waals surface area (Å²) in [5.41, 5.74) is 8.67. The number of aromatic nitrogens is 2. The first-order valence-corrected chi connectivity index (χ1v) is 6.16. The molecule has 0 atom stereocenters. The third kappa shape index (κ3) is 2.66. The molecule has 17 heavy (non-hydrogen) atoms. The molecule has 0 unspecified atom stereocenters. The van der Waals surface area contributed by atoms with Gasteiger partial charge >= 0.3 is 0 Å². The maximum absolute atomic E-state index is 5.87. The molecule has 88 valence electrons. The topological polar surface area (TPSA) is 61.0 Å². The van der Waals surface area contributed by atoms with E-state index in [0.29, 0.717) is 5.88 Å². The lowest BCUT2D eigenvalue weighted by atomic mass is 10.1. The van der Waals surface area contributed by atoms with Gasteiger partial charge in [0.1, 0.15) is 12.1 Å². The number of halogens is 1. The Hall–Kier alpha value is -1.37. The number of hydrogen-bond donors (Lipinski definition) is 1. The molecule has 0 aliphatic rings. The van der Waals surface area contributed by atoms with Gasteiger partial charge in [0.2, 0.25) is 5.88 Å². The summed E-state index contributed by atoms with van der Waals surface area (Å²) in [7, 11) is 0. The van der Waals surface area contributed by atoms with E-state index in [-0.39, 0.29) is 0 Å². The van der Waals surface area contributed by atoms with E-state index in [4.69, 9.17) is 10.5 Å². The van der Waals surface area contributed by atoms with Crippen LogP contribution < -0.4 is 10.5 Å². The SMILES string of the molecule is Cc1cc(C)c(Oc2ncncc2I)cc1N. The summed E-state index contributed by atoms with van der Waals surface area (Å²) in [6.45, 7) is 3.95. The first kappa shape index (κ1) is 12.1. The minimum Gasteiger partial charge on any atom is -0.437 e. The highest BCUT2D eigenvalue weighted by Gasteiger charge is 2.08. The van der Waals surface area contributed by atoms with Gasteiger partial charge in [0.05, 0.1) is 3.57 Å². The van der Waals surface area contributed by atoms with Crippen molar-refractivity contribution in [2.45, 2.75) is 13.8 Å². The van der Waals surface area contributed by atoms with Crippen LogP contribution in [0.5, 0.6) is 11.6 Å². The molecule has 2 rings (SSSR count). The van der Waals surface area contributed by atoms with Gasteiger partial charge in [-0.3, -0.25) is 0 Å². The third-order valence-corrected chi connectivity index (χ3v) is 3.14. The number of rotatable bonds is 2. The highest BCUT2D eigenvalue weighted by Crippen LogP contribution is 2.29. The summed E-state index contributed by atoms with van der Waals surface area (Å²) in [6, 6.07) is 3.82. The minimum atomic E-state index is 0.548. The van der Waals surface area contributed by atoms with E-state index in [9.17, 15) is 0 Å². The average Bonchev–Trinajstić information content (AvgIpc) is 2.29. The number of nitrogens with two attached hydrogens (primary N) is 1. The van der Waals surface area contributed by atoms with Crippen molar-refractivity contribution in [3.8, 4) is 11.6 Å². The van der Waals surface area contributed by atoms with Gasteiger partial charge in [0.15, 0.2) is 0 Å². The Labute approximate surface area is 113 Å². The van der Waals surface area contributed by atoms with Crippen LogP contribution in [0.3, 0.4) is 0 Å². The van der Waals surface area contributed by atoms with Crippen LogP contribution in [0.25, 0.3) is 0 Å². The molecule has 0 aliphatic heterocycles. The lowest BCUT2D eigenvalue weighted by Gasteiger charge is -2.11. The van der Waals surface area contributed by atoms with Crippen molar-refractivity contribution in [3.63, 3.8) is 0 Å². The number of anilines is 1. The van der Waals surface area contributed by atoms with E-state index < -0.39 is 0 Å². The molecule has 0 bridgehead atoms. The second kappa shape index (κ2) is 4.87. The summed E-state index contributed by atoms with van der Waals surface area (Å²) in [4.78, 5) is 8.00. The summed E-state index contributed by atoms with van der Waals surface area (Å²) >= 11 is 2.13. The van der Waals surface area contributed by atoms with Crippen molar-refractivity contribution in [2.24, 2.45) is 0 Å². The Morgan fingerprint density at radius 2 is 2.00 bits per heavy atom. The lowest BCUT2D eigenvalue weighted by molar-refractivity contribution is 0.454. The molecule has 0 amide bonds. The molecule has 0 spiro atoms. The standard InChI is InChI=1S/C12H12IN3O/c1-7-3-8(2)11(4-10(7)14)17-12-9(13)5-15-6-16-12/h3-6H,14H2,1-2H3. The highest BCUT2D eigenvalue weighted by atomic mass is 127. The summed E-state index contributed by atoms with van der Waals surface area (Å²) < 4.78 is 6.60. The molecule has 2 aromatic rings. The van der Waals surface area contributed by atoms with Crippen LogP contribution in [0.15, 0.2) is 24.7 Å². The normalized spacial score (nSPS) is 10.3. The number of aryl methyl sites for hydroxylation is 2.